The number of nitrogens with zero attached hydrogens (tertiary/aromatic N) is 4. The highest BCUT2D eigenvalue weighted by Crippen LogP contribution is 2.27. The van der Waals surface area contributed by atoms with Gasteiger partial charge < -0.3 is 0 Å². The highest BCUT2D eigenvalue weighted by molar-refractivity contribution is 9.10. The predicted octanol–water partition coefficient (Wildman–Crippen LogP) is 6.04. The van der Waals surface area contributed by atoms with Gasteiger partial charge in [0.15, 0.2) is 0 Å². The van der Waals surface area contributed by atoms with Crippen molar-refractivity contribution in [3.63, 3.8) is 0 Å². The fourth-order valence-corrected chi connectivity index (χ4v) is 3.11. The Morgan fingerprint density at radius 2 is 1.31 bits per heavy atom. The van der Waals surface area contributed by atoms with Crippen LogP contribution in [0, 0.1) is 0 Å². The molecule has 0 saturated carbocycles. The summed E-state index contributed by atoms with van der Waals surface area (Å²) in [6.07, 6.45) is 1.80. The third-order valence-corrected chi connectivity index (χ3v) is 4.92. The van der Waals surface area contributed by atoms with E-state index in [1.807, 2.05) is 98.0 Å². The number of anilines is 1. The maximum Gasteiger partial charge on any atom is 0.247 e. The highest BCUT2D eigenvalue weighted by atomic mass is 79.9. The molecule has 5 heteroatoms. The minimum atomic E-state index is 0.538. The Hall–Kier alpha value is -3.31. The first-order chi connectivity index (χ1) is 14.2. The summed E-state index contributed by atoms with van der Waals surface area (Å²) < 4.78 is 1.03. The van der Waals surface area contributed by atoms with Crippen molar-refractivity contribution in [3.05, 3.63) is 101 Å². The normalized spacial score (nSPS) is 11.0. The van der Waals surface area contributed by atoms with Crippen LogP contribution < -0.4 is 5.01 Å². The molecule has 3 aromatic carbocycles. The van der Waals surface area contributed by atoms with E-state index in [0.29, 0.717) is 5.95 Å². The summed E-state index contributed by atoms with van der Waals surface area (Å²) in [5.74, 6) is 0.538. The quantitative estimate of drug-likeness (QED) is 0.279. The van der Waals surface area contributed by atoms with Gasteiger partial charge in [0.2, 0.25) is 5.95 Å². The lowest BCUT2D eigenvalue weighted by Gasteiger charge is -2.14. The van der Waals surface area contributed by atoms with E-state index in [1.165, 1.54) is 0 Å². The number of halogens is 1. The molecule has 4 aromatic rings. The van der Waals surface area contributed by atoms with Crippen LogP contribution in [0.25, 0.3) is 22.5 Å². The Balaban J connectivity index is 1.75. The number of rotatable bonds is 5. The third kappa shape index (κ3) is 4.76. The zero-order valence-corrected chi connectivity index (χ0v) is 17.5. The molecule has 4 nitrogen and oxygen atoms in total. The fourth-order valence-electron chi connectivity index (χ4n) is 2.85. The molecule has 142 valence electrons. The van der Waals surface area contributed by atoms with Crippen molar-refractivity contribution in [1.29, 1.82) is 0 Å². The minimum absolute atomic E-state index is 0.538. The van der Waals surface area contributed by atoms with Crippen molar-refractivity contribution in [3.8, 4) is 22.5 Å². The molecule has 0 spiro atoms. The van der Waals surface area contributed by atoms with E-state index in [0.717, 1.165) is 32.6 Å². The lowest BCUT2D eigenvalue weighted by Crippen LogP contribution is -2.13. The summed E-state index contributed by atoms with van der Waals surface area (Å²) in [5, 5.41) is 6.22. The second-order valence-corrected chi connectivity index (χ2v) is 7.41. The van der Waals surface area contributed by atoms with Gasteiger partial charge in [-0.2, -0.15) is 5.10 Å². The number of hydrogen-bond acceptors (Lipinski definition) is 4. The van der Waals surface area contributed by atoms with E-state index in [4.69, 9.17) is 9.97 Å². The van der Waals surface area contributed by atoms with Crippen LogP contribution >= 0.6 is 15.9 Å². The molecule has 0 aliphatic carbocycles. The van der Waals surface area contributed by atoms with Crippen molar-refractivity contribution < 1.29 is 0 Å². The minimum Gasteiger partial charge on any atom is -0.235 e. The maximum absolute atomic E-state index is 4.76. The Labute approximate surface area is 178 Å². The van der Waals surface area contributed by atoms with Crippen molar-refractivity contribution in [1.82, 2.24) is 9.97 Å². The van der Waals surface area contributed by atoms with Gasteiger partial charge in [-0.25, -0.2) is 15.0 Å². The van der Waals surface area contributed by atoms with Crippen LogP contribution in [0.1, 0.15) is 5.56 Å². The van der Waals surface area contributed by atoms with Gasteiger partial charge in [0, 0.05) is 22.6 Å². The molecule has 29 heavy (non-hydrogen) atoms. The lowest BCUT2D eigenvalue weighted by molar-refractivity contribution is 0.938. The van der Waals surface area contributed by atoms with Crippen molar-refractivity contribution >= 4 is 28.1 Å². The molecular weight excluding hydrogens is 424 g/mol. The van der Waals surface area contributed by atoms with Crippen molar-refractivity contribution in [2.45, 2.75) is 0 Å². The molecule has 4 rings (SSSR count). The standard InChI is InChI=1S/C24H19BrN4/c1-29(26-17-18-8-4-2-5-9-18)24-27-22(19-10-6-3-7-11-19)16-23(28-24)20-12-14-21(25)15-13-20/h2-17H,1H3/b26-17+. The van der Waals surface area contributed by atoms with E-state index in [9.17, 15) is 0 Å². The highest BCUT2D eigenvalue weighted by Gasteiger charge is 2.11. The molecule has 0 atom stereocenters. The Morgan fingerprint density at radius 3 is 1.93 bits per heavy atom. The summed E-state index contributed by atoms with van der Waals surface area (Å²) in [4.78, 5) is 9.51. The number of hydrogen-bond donors (Lipinski definition) is 0. The summed E-state index contributed by atoms with van der Waals surface area (Å²) in [7, 11) is 1.86. The van der Waals surface area contributed by atoms with Gasteiger partial charge >= 0.3 is 0 Å². The van der Waals surface area contributed by atoms with Crippen LogP contribution in [0.15, 0.2) is 101 Å². The van der Waals surface area contributed by atoms with Crippen LogP contribution in [0.5, 0.6) is 0 Å². The van der Waals surface area contributed by atoms with Gasteiger partial charge in [-0.05, 0) is 23.8 Å². The average Bonchev–Trinajstić information content (AvgIpc) is 2.79. The number of aromatic nitrogens is 2. The Bertz CT molecular complexity index is 1110. The predicted molar refractivity (Wildman–Crippen MR) is 123 cm³/mol. The van der Waals surface area contributed by atoms with E-state index < -0.39 is 0 Å². The van der Waals surface area contributed by atoms with Gasteiger partial charge in [-0.1, -0.05) is 88.7 Å². The largest absolute Gasteiger partial charge is 0.247 e. The van der Waals surface area contributed by atoms with Crippen LogP contribution in [-0.2, 0) is 0 Å². The summed E-state index contributed by atoms with van der Waals surface area (Å²) in [5.41, 5.74) is 4.79. The van der Waals surface area contributed by atoms with Gasteiger partial charge in [0.1, 0.15) is 0 Å². The van der Waals surface area contributed by atoms with Crippen molar-refractivity contribution in [2.75, 3.05) is 12.1 Å². The zero-order chi connectivity index (χ0) is 20.1. The SMILES string of the molecule is CN(/N=C/c1ccccc1)c1nc(-c2ccccc2)cc(-c2ccc(Br)cc2)n1. The lowest BCUT2D eigenvalue weighted by atomic mass is 10.1. The van der Waals surface area contributed by atoms with Crippen molar-refractivity contribution in [2.24, 2.45) is 5.10 Å². The first-order valence-corrected chi connectivity index (χ1v) is 10.0. The molecule has 1 aromatic heterocycles. The average molecular weight is 443 g/mol. The third-order valence-electron chi connectivity index (χ3n) is 4.39. The zero-order valence-electron chi connectivity index (χ0n) is 15.9. The molecule has 0 fully saturated rings. The van der Waals surface area contributed by atoms with Crippen LogP contribution in [-0.4, -0.2) is 23.2 Å². The number of hydrazone groups is 1. The summed E-state index contributed by atoms with van der Waals surface area (Å²) >= 11 is 3.49. The smallest absolute Gasteiger partial charge is 0.235 e. The molecule has 0 aliphatic rings. The van der Waals surface area contributed by atoms with E-state index in [-0.39, 0.29) is 0 Å². The molecule has 1 heterocycles. The monoisotopic (exact) mass is 442 g/mol. The summed E-state index contributed by atoms with van der Waals surface area (Å²) in [6.45, 7) is 0. The summed E-state index contributed by atoms with van der Waals surface area (Å²) in [6, 6.07) is 30.2. The molecule has 0 amide bonds. The molecule has 0 unspecified atom stereocenters. The van der Waals surface area contributed by atoms with Crippen LogP contribution in [0.4, 0.5) is 5.95 Å². The second-order valence-electron chi connectivity index (χ2n) is 6.49. The van der Waals surface area contributed by atoms with E-state index in [1.54, 1.807) is 11.2 Å². The second kappa shape index (κ2) is 8.80. The first-order valence-electron chi connectivity index (χ1n) is 9.22. The Kier molecular flexibility index (Phi) is 5.77. The topological polar surface area (TPSA) is 41.4 Å². The van der Waals surface area contributed by atoms with Gasteiger partial charge in [0.25, 0.3) is 0 Å². The van der Waals surface area contributed by atoms with E-state index >= 15 is 0 Å². The Morgan fingerprint density at radius 1 is 0.759 bits per heavy atom. The first kappa shape index (κ1) is 19.0. The molecule has 0 radical (unpaired) electrons. The molecule has 0 saturated heterocycles. The fraction of sp³-hybridized carbons (Fsp3) is 0.0417. The van der Waals surface area contributed by atoms with Gasteiger partial charge in [-0.15, -0.1) is 0 Å². The molecule has 0 bridgehead atoms. The molecule has 0 aliphatic heterocycles. The molecule has 0 N–H and O–H groups in total. The van der Waals surface area contributed by atoms with Gasteiger partial charge in [-0.3, -0.25) is 0 Å². The van der Waals surface area contributed by atoms with E-state index in [2.05, 4.69) is 21.0 Å². The van der Waals surface area contributed by atoms with Crippen LogP contribution in [0.3, 0.4) is 0 Å². The number of benzene rings is 3. The van der Waals surface area contributed by atoms with Crippen LogP contribution in [0.2, 0.25) is 0 Å². The van der Waals surface area contributed by atoms with Gasteiger partial charge in [0.05, 0.1) is 17.6 Å². The molecular formula is C24H19BrN4. The maximum atomic E-state index is 4.76.